The van der Waals surface area contributed by atoms with Gasteiger partial charge in [-0.3, -0.25) is 9.59 Å². The normalized spacial score (nSPS) is 15.0. The molecule has 0 aliphatic carbocycles. The fraction of sp³-hybridized carbons (Fsp3) is 0.667. The maximum atomic E-state index is 9.76. The zero-order chi connectivity index (χ0) is 7.98. The molecule has 0 aliphatic heterocycles. The molecule has 0 aromatic carbocycles. The lowest BCUT2D eigenvalue weighted by Gasteiger charge is -2.15. The number of ether oxygens (including phenoxy) is 2. The summed E-state index contributed by atoms with van der Waals surface area (Å²) < 4.78 is 8.98. The van der Waals surface area contributed by atoms with Crippen LogP contribution < -0.4 is 0 Å². The summed E-state index contributed by atoms with van der Waals surface area (Å²) in [7, 11) is 0. The Hall–Kier alpha value is -1.06. The summed E-state index contributed by atoms with van der Waals surface area (Å²) in [6.07, 6.45) is -0.773. The van der Waals surface area contributed by atoms with Gasteiger partial charge < -0.3 is 9.47 Å². The van der Waals surface area contributed by atoms with Crippen molar-refractivity contribution in [2.75, 3.05) is 0 Å². The van der Waals surface area contributed by atoms with E-state index in [2.05, 4.69) is 9.47 Å². The number of hydrogen-bond acceptors (Lipinski definition) is 4. The molecule has 58 valence electrons. The predicted molar refractivity (Wildman–Crippen MR) is 33.2 cm³/mol. The van der Waals surface area contributed by atoms with E-state index in [4.69, 9.17) is 0 Å². The number of carbonyl (C=O) groups excluding carboxylic acids is 2. The monoisotopic (exact) mass is 146 g/mol. The molecule has 0 aromatic heterocycles. The number of carbonyl (C=O) groups is 2. The van der Waals surface area contributed by atoms with Gasteiger partial charge in [-0.25, -0.2) is 0 Å². The van der Waals surface area contributed by atoms with Crippen molar-refractivity contribution in [1.82, 2.24) is 0 Å². The number of rotatable bonds is 5. The van der Waals surface area contributed by atoms with E-state index in [0.717, 1.165) is 0 Å². The second-order valence-corrected chi connectivity index (χ2v) is 1.87. The highest BCUT2D eigenvalue weighted by molar-refractivity contribution is 5.39. The summed E-state index contributed by atoms with van der Waals surface area (Å²) >= 11 is 0. The highest BCUT2D eigenvalue weighted by atomic mass is 16.6. The van der Waals surface area contributed by atoms with E-state index in [0.29, 0.717) is 12.9 Å². The van der Waals surface area contributed by atoms with Gasteiger partial charge >= 0.3 is 0 Å². The van der Waals surface area contributed by atoms with Crippen molar-refractivity contribution in [3.63, 3.8) is 0 Å². The first-order chi connectivity index (χ1) is 4.72. The third-order valence-corrected chi connectivity index (χ3v) is 1.20. The Morgan fingerprint density at radius 1 is 1.00 bits per heavy atom. The molecule has 0 aromatic rings. The van der Waals surface area contributed by atoms with Gasteiger partial charge in [-0.2, -0.15) is 0 Å². The molecule has 2 unspecified atom stereocenters. The minimum Gasteiger partial charge on any atom is -0.461 e. The zero-order valence-corrected chi connectivity index (χ0v) is 5.94. The molecule has 0 saturated heterocycles. The molecule has 0 amide bonds. The summed E-state index contributed by atoms with van der Waals surface area (Å²) in [6.45, 7) is 3.94. The van der Waals surface area contributed by atoms with Crippen LogP contribution in [-0.2, 0) is 19.1 Å². The average molecular weight is 146 g/mol. The molecule has 0 bridgehead atoms. The fourth-order valence-corrected chi connectivity index (χ4v) is 0.397. The van der Waals surface area contributed by atoms with Gasteiger partial charge in [-0.15, -0.1) is 0 Å². The summed E-state index contributed by atoms with van der Waals surface area (Å²) in [4.78, 5) is 19.5. The van der Waals surface area contributed by atoms with Crippen LogP contribution in [0, 0.1) is 0 Å². The van der Waals surface area contributed by atoms with E-state index in [-0.39, 0.29) is 12.2 Å². The Morgan fingerprint density at radius 3 is 1.50 bits per heavy atom. The van der Waals surface area contributed by atoms with Crippen LogP contribution in [0.3, 0.4) is 0 Å². The zero-order valence-electron chi connectivity index (χ0n) is 5.94. The predicted octanol–water partition coefficient (Wildman–Crippen LogP) is 0.109. The van der Waals surface area contributed by atoms with Crippen molar-refractivity contribution in [3.8, 4) is 0 Å². The topological polar surface area (TPSA) is 52.6 Å². The van der Waals surface area contributed by atoms with E-state index < -0.39 is 0 Å². The quantitative estimate of drug-likeness (QED) is 0.516. The molecular weight excluding hydrogens is 136 g/mol. The van der Waals surface area contributed by atoms with Crippen LogP contribution in [0.5, 0.6) is 0 Å². The molecule has 0 heterocycles. The molecule has 0 radical (unpaired) electrons. The van der Waals surface area contributed by atoms with Gasteiger partial charge in [0, 0.05) is 0 Å². The van der Waals surface area contributed by atoms with Gasteiger partial charge in [0.05, 0.1) is 0 Å². The average Bonchev–Trinajstić information content (AvgIpc) is 1.89. The molecule has 0 N–H and O–H groups in total. The van der Waals surface area contributed by atoms with E-state index in [9.17, 15) is 9.59 Å². The molecule has 2 atom stereocenters. The first-order valence-corrected chi connectivity index (χ1v) is 2.90. The van der Waals surface area contributed by atoms with Crippen molar-refractivity contribution in [1.29, 1.82) is 0 Å². The molecule has 4 nitrogen and oxygen atoms in total. The van der Waals surface area contributed by atoms with Gasteiger partial charge in [-0.05, 0) is 13.8 Å². The standard InChI is InChI=1S/C6H10O4/c1-5(9-3-7)6(2)10-4-8/h3-6H,1-2H3. The van der Waals surface area contributed by atoms with E-state index >= 15 is 0 Å². The Bertz CT molecular complexity index is 98.3. The van der Waals surface area contributed by atoms with E-state index in [1.165, 1.54) is 0 Å². The van der Waals surface area contributed by atoms with Crippen molar-refractivity contribution >= 4 is 12.9 Å². The summed E-state index contributed by atoms with van der Waals surface area (Å²) in [5.74, 6) is 0. The Morgan fingerprint density at radius 2 is 1.30 bits per heavy atom. The first kappa shape index (κ1) is 8.94. The van der Waals surface area contributed by atoms with Crippen molar-refractivity contribution in [3.05, 3.63) is 0 Å². The van der Waals surface area contributed by atoms with Crippen LogP contribution in [0.15, 0.2) is 0 Å². The molecule has 0 saturated carbocycles. The van der Waals surface area contributed by atoms with E-state index in [1.54, 1.807) is 13.8 Å². The summed E-state index contributed by atoms with van der Waals surface area (Å²) in [6, 6.07) is 0. The Balaban J connectivity index is 3.56. The van der Waals surface area contributed by atoms with Crippen LogP contribution >= 0.6 is 0 Å². The second kappa shape index (κ2) is 4.78. The largest absolute Gasteiger partial charge is 0.461 e. The highest BCUT2D eigenvalue weighted by Crippen LogP contribution is 1.99. The van der Waals surface area contributed by atoms with Crippen LogP contribution in [0.2, 0.25) is 0 Å². The fourth-order valence-electron chi connectivity index (χ4n) is 0.397. The van der Waals surface area contributed by atoms with E-state index in [1.807, 2.05) is 0 Å². The van der Waals surface area contributed by atoms with Crippen molar-refractivity contribution < 1.29 is 19.1 Å². The molecule has 4 heteroatoms. The lowest BCUT2D eigenvalue weighted by Crippen LogP contribution is -2.25. The van der Waals surface area contributed by atoms with Gasteiger partial charge in [0.25, 0.3) is 12.9 Å². The highest BCUT2D eigenvalue weighted by Gasteiger charge is 2.12. The second-order valence-electron chi connectivity index (χ2n) is 1.87. The van der Waals surface area contributed by atoms with Crippen LogP contribution in [-0.4, -0.2) is 25.2 Å². The maximum Gasteiger partial charge on any atom is 0.293 e. The molecule has 0 rings (SSSR count). The molecular formula is C6H10O4. The summed E-state index contributed by atoms with van der Waals surface area (Å²) in [5.41, 5.74) is 0. The van der Waals surface area contributed by atoms with Crippen LogP contribution in [0.4, 0.5) is 0 Å². The molecule has 0 fully saturated rings. The Kier molecular flexibility index (Phi) is 4.28. The maximum absolute atomic E-state index is 9.76. The third kappa shape index (κ3) is 3.06. The van der Waals surface area contributed by atoms with Gasteiger partial charge in [0.15, 0.2) is 0 Å². The smallest absolute Gasteiger partial charge is 0.293 e. The molecule has 10 heavy (non-hydrogen) atoms. The van der Waals surface area contributed by atoms with Crippen LogP contribution in [0.25, 0.3) is 0 Å². The minimum absolute atomic E-state index is 0.329. The van der Waals surface area contributed by atoms with Crippen molar-refractivity contribution in [2.24, 2.45) is 0 Å². The lowest BCUT2D eigenvalue weighted by molar-refractivity contribution is -0.148. The lowest BCUT2D eigenvalue weighted by atomic mass is 10.3. The molecule has 0 aliphatic rings. The van der Waals surface area contributed by atoms with Crippen LogP contribution in [0.1, 0.15) is 13.8 Å². The molecule has 0 spiro atoms. The van der Waals surface area contributed by atoms with Gasteiger partial charge in [0.1, 0.15) is 12.2 Å². The Labute approximate surface area is 59.1 Å². The van der Waals surface area contributed by atoms with Crippen molar-refractivity contribution in [2.45, 2.75) is 26.1 Å². The first-order valence-electron chi connectivity index (χ1n) is 2.90. The summed E-state index contributed by atoms with van der Waals surface area (Å²) in [5, 5.41) is 0. The minimum atomic E-state index is -0.386. The third-order valence-electron chi connectivity index (χ3n) is 1.20. The number of hydrogen-bond donors (Lipinski definition) is 0. The SMILES string of the molecule is CC(OC=O)C(C)OC=O. The van der Waals surface area contributed by atoms with Gasteiger partial charge in [-0.1, -0.05) is 0 Å². The van der Waals surface area contributed by atoms with Gasteiger partial charge in [0.2, 0.25) is 0 Å².